The van der Waals surface area contributed by atoms with E-state index in [1.165, 1.54) is 0 Å². The van der Waals surface area contributed by atoms with Crippen LogP contribution in [0, 0.1) is 17.5 Å². The average Bonchev–Trinajstić information content (AvgIpc) is 3.39. The first-order chi connectivity index (χ1) is 15.5. The van der Waals surface area contributed by atoms with Crippen LogP contribution in [-0.4, -0.2) is 49.9 Å². The highest BCUT2D eigenvalue weighted by atomic mass is 19.1. The Balaban J connectivity index is 1.51. The van der Waals surface area contributed by atoms with Gasteiger partial charge in [0.1, 0.15) is 17.0 Å². The summed E-state index contributed by atoms with van der Waals surface area (Å²) in [5, 5.41) is 19.0. The third-order valence-electron chi connectivity index (χ3n) is 6.11. The minimum absolute atomic E-state index is 0.0263. The monoisotopic (exact) mass is 447 g/mol. The number of hydrogen-bond acceptors (Lipinski definition) is 7. The molecule has 0 unspecified atom stereocenters. The Morgan fingerprint density at radius 3 is 2.47 bits per heavy atom. The van der Waals surface area contributed by atoms with Crippen molar-refractivity contribution in [2.75, 3.05) is 23.7 Å². The summed E-state index contributed by atoms with van der Waals surface area (Å²) in [5.74, 6) is -2.42. The van der Waals surface area contributed by atoms with Crippen molar-refractivity contribution in [2.45, 2.75) is 50.3 Å². The predicted molar refractivity (Wildman–Crippen MR) is 113 cm³/mol. The van der Waals surface area contributed by atoms with Crippen LogP contribution in [0.25, 0.3) is 11.2 Å². The zero-order chi connectivity index (χ0) is 22.2. The summed E-state index contributed by atoms with van der Waals surface area (Å²) in [6.07, 6.45) is 5.22. The van der Waals surface area contributed by atoms with Crippen molar-refractivity contribution < 1.29 is 18.3 Å². The highest BCUT2D eigenvalue weighted by molar-refractivity contribution is 5.76. The van der Waals surface area contributed by atoms with Crippen LogP contribution < -0.4 is 16.0 Å². The number of nitrogens with one attached hydrogen (secondary N) is 3. The maximum atomic E-state index is 14.3. The van der Waals surface area contributed by atoms with Gasteiger partial charge in [-0.2, -0.15) is 4.98 Å². The summed E-state index contributed by atoms with van der Waals surface area (Å²) >= 11 is 0. The molecule has 11 heteroatoms. The Morgan fingerprint density at radius 1 is 1.03 bits per heavy atom. The molecule has 4 N–H and O–H groups in total. The fourth-order valence-electron chi connectivity index (χ4n) is 4.43. The van der Waals surface area contributed by atoms with Gasteiger partial charge in [-0.15, -0.1) is 0 Å². The van der Waals surface area contributed by atoms with E-state index in [1.807, 2.05) is 4.57 Å². The zero-order valence-corrected chi connectivity index (χ0v) is 17.3. The lowest BCUT2D eigenvalue weighted by atomic mass is 9.93. The van der Waals surface area contributed by atoms with Gasteiger partial charge in [-0.1, -0.05) is 0 Å². The number of anilines is 3. The number of hydrogen-bond donors (Lipinski definition) is 4. The molecule has 2 fully saturated rings. The van der Waals surface area contributed by atoms with E-state index in [0.717, 1.165) is 38.6 Å². The molecule has 8 nitrogen and oxygen atoms in total. The zero-order valence-electron chi connectivity index (χ0n) is 17.3. The van der Waals surface area contributed by atoms with Crippen molar-refractivity contribution >= 4 is 28.7 Å². The molecule has 1 saturated carbocycles. The third kappa shape index (κ3) is 4.09. The SMILES string of the molecule is O[C@H]1CC[C@H](Nc2ncc3nc(Nc4c(F)cc(F)cc4F)n([C@@H]4CCNC4)c3n2)CC1. The maximum Gasteiger partial charge on any atom is 0.224 e. The van der Waals surface area contributed by atoms with E-state index in [2.05, 4.69) is 30.9 Å². The first-order valence-electron chi connectivity index (χ1n) is 10.8. The van der Waals surface area contributed by atoms with Gasteiger partial charge in [-0.25, -0.2) is 23.1 Å². The predicted octanol–water partition coefficient (Wildman–Crippen LogP) is 3.24. The highest BCUT2D eigenvalue weighted by Crippen LogP contribution is 2.31. The van der Waals surface area contributed by atoms with E-state index in [0.29, 0.717) is 35.8 Å². The molecule has 32 heavy (non-hydrogen) atoms. The maximum absolute atomic E-state index is 14.3. The largest absolute Gasteiger partial charge is 0.393 e. The summed E-state index contributed by atoms with van der Waals surface area (Å²) in [5.41, 5.74) is 0.547. The molecular weight excluding hydrogens is 423 g/mol. The van der Waals surface area contributed by atoms with Gasteiger partial charge in [0.05, 0.1) is 18.3 Å². The van der Waals surface area contributed by atoms with Crippen LogP contribution in [0.4, 0.5) is 30.8 Å². The topological polar surface area (TPSA) is 99.9 Å². The lowest BCUT2D eigenvalue weighted by Crippen LogP contribution is -2.29. The summed E-state index contributed by atoms with van der Waals surface area (Å²) in [7, 11) is 0. The van der Waals surface area contributed by atoms with E-state index in [4.69, 9.17) is 0 Å². The molecule has 2 aromatic heterocycles. The van der Waals surface area contributed by atoms with E-state index < -0.39 is 23.1 Å². The molecule has 0 spiro atoms. The van der Waals surface area contributed by atoms with Gasteiger partial charge < -0.3 is 21.1 Å². The molecule has 3 heterocycles. The van der Waals surface area contributed by atoms with Crippen molar-refractivity contribution in [1.29, 1.82) is 0 Å². The van der Waals surface area contributed by atoms with Crippen molar-refractivity contribution in [1.82, 2.24) is 24.8 Å². The molecule has 1 aliphatic heterocycles. The molecule has 5 rings (SSSR count). The second-order valence-electron chi connectivity index (χ2n) is 8.37. The molecule has 1 saturated heterocycles. The van der Waals surface area contributed by atoms with Crippen LogP contribution in [-0.2, 0) is 0 Å². The molecule has 0 bridgehead atoms. The average molecular weight is 447 g/mol. The molecule has 170 valence electrons. The van der Waals surface area contributed by atoms with Crippen LogP contribution in [0.15, 0.2) is 18.3 Å². The highest BCUT2D eigenvalue weighted by Gasteiger charge is 2.26. The Hall–Kier alpha value is -2.92. The molecule has 0 radical (unpaired) electrons. The van der Waals surface area contributed by atoms with Crippen molar-refractivity contribution in [3.05, 3.63) is 35.8 Å². The van der Waals surface area contributed by atoms with Gasteiger partial charge in [-0.05, 0) is 38.6 Å². The second kappa shape index (κ2) is 8.55. The molecule has 0 amide bonds. The van der Waals surface area contributed by atoms with Gasteiger partial charge in [0.2, 0.25) is 11.9 Å². The minimum Gasteiger partial charge on any atom is -0.393 e. The Labute approximate surface area is 182 Å². The summed E-state index contributed by atoms with van der Waals surface area (Å²) in [6.45, 7) is 1.45. The first-order valence-corrected chi connectivity index (χ1v) is 10.8. The summed E-state index contributed by atoms with van der Waals surface area (Å²) < 4.78 is 43.7. The molecule has 1 aliphatic carbocycles. The summed E-state index contributed by atoms with van der Waals surface area (Å²) in [4.78, 5) is 13.5. The molecule has 3 aromatic rings. The Kier molecular flexibility index (Phi) is 5.60. The second-order valence-corrected chi connectivity index (χ2v) is 8.37. The third-order valence-corrected chi connectivity index (χ3v) is 6.11. The quantitative estimate of drug-likeness (QED) is 0.477. The van der Waals surface area contributed by atoms with Crippen LogP contribution in [0.1, 0.15) is 38.1 Å². The number of rotatable bonds is 5. The number of aromatic nitrogens is 4. The van der Waals surface area contributed by atoms with Gasteiger partial charge in [0, 0.05) is 24.7 Å². The lowest BCUT2D eigenvalue weighted by Gasteiger charge is -2.26. The van der Waals surface area contributed by atoms with Crippen molar-refractivity contribution in [2.24, 2.45) is 0 Å². The standard InChI is InChI=1S/C21H24F3N7O/c22-11-7-15(23)18(16(24)8-11)29-21-28-17-10-26-20(27-12-1-3-14(32)4-2-12)30-19(17)31(21)13-5-6-25-9-13/h7-8,10,12-14,25,32H,1-6,9H2,(H,28,29)(H,26,27,30)/t12-,13-,14-/m1/s1. The smallest absolute Gasteiger partial charge is 0.224 e. The van der Waals surface area contributed by atoms with Crippen LogP contribution in [0.5, 0.6) is 0 Å². The number of aliphatic hydroxyl groups excluding tert-OH is 1. The Bertz CT molecular complexity index is 1100. The fourth-order valence-corrected chi connectivity index (χ4v) is 4.43. The minimum atomic E-state index is -1.04. The molecular formula is C21H24F3N7O. The van der Waals surface area contributed by atoms with Gasteiger partial charge in [-0.3, -0.25) is 4.57 Å². The van der Waals surface area contributed by atoms with Crippen molar-refractivity contribution in [3.8, 4) is 0 Å². The van der Waals surface area contributed by atoms with Gasteiger partial charge in [0.25, 0.3) is 0 Å². The van der Waals surface area contributed by atoms with E-state index in [1.54, 1.807) is 6.20 Å². The fraction of sp³-hybridized carbons (Fsp3) is 0.476. The van der Waals surface area contributed by atoms with Gasteiger partial charge in [0.15, 0.2) is 17.3 Å². The van der Waals surface area contributed by atoms with E-state index in [-0.39, 0.29) is 24.1 Å². The number of aliphatic hydroxyl groups is 1. The number of halogens is 3. The van der Waals surface area contributed by atoms with Crippen LogP contribution in [0.2, 0.25) is 0 Å². The molecule has 1 atom stereocenters. The van der Waals surface area contributed by atoms with E-state index >= 15 is 0 Å². The van der Waals surface area contributed by atoms with Crippen LogP contribution >= 0.6 is 0 Å². The van der Waals surface area contributed by atoms with Gasteiger partial charge >= 0.3 is 0 Å². The first kappa shape index (κ1) is 21.0. The number of nitrogens with zero attached hydrogens (tertiary/aromatic N) is 4. The lowest BCUT2D eigenvalue weighted by molar-refractivity contribution is 0.126. The van der Waals surface area contributed by atoms with Crippen LogP contribution in [0.3, 0.4) is 0 Å². The summed E-state index contributed by atoms with van der Waals surface area (Å²) in [6, 6.07) is 1.39. The molecule has 1 aromatic carbocycles. The van der Waals surface area contributed by atoms with E-state index in [9.17, 15) is 18.3 Å². The van der Waals surface area contributed by atoms with Crippen molar-refractivity contribution in [3.63, 3.8) is 0 Å². The molecule has 2 aliphatic rings. The normalized spacial score (nSPS) is 23.6. The number of fused-ring (bicyclic) bond motifs is 1. The number of benzene rings is 1. The number of imidazole rings is 1. The Morgan fingerprint density at radius 2 is 1.78 bits per heavy atom.